The van der Waals surface area contributed by atoms with Crippen LogP contribution < -0.4 is 4.90 Å². The monoisotopic (exact) mass is 348 g/mol. The fourth-order valence-corrected chi connectivity index (χ4v) is 2.81. The molecule has 2 aromatic rings. The maximum absolute atomic E-state index is 11.5. The zero-order chi connectivity index (χ0) is 15.6. The number of halogens is 1. The molecule has 1 aromatic carbocycles. The number of carbonyl (C=O) groups is 1. The molecule has 0 saturated heterocycles. The van der Waals surface area contributed by atoms with Gasteiger partial charge in [-0.15, -0.1) is 0 Å². The molecule has 0 unspecified atom stereocenters. The maximum atomic E-state index is 11.5. The third-order valence-electron chi connectivity index (χ3n) is 3.24. The lowest BCUT2D eigenvalue weighted by Crippen LogP contribution is -2.21. The molecule has 0 amide bonds. The molecule has 110 valence electrons. The highest BCUT2D eigenvalue weighted by Gasteiger charge is 2.18. The Hall–Kier alpha value is -1.88. The molecule has 1 N–H and O–H groups in total. The fourth-order valence-electron chi connectivity index (χ4n) is 2.37. The van der Waals surface area contributed by atoms with Crippen molar-refractivity contribution in [1.82, 2.24) is 4.98 Å². The van der Waals surface area contributed by atoms with Gasteiger partial charge in [-0.05, 0) is 37.6 Å². The van der Waals surface area contributed by atoms with Gasteiger partial charge in [-0.25, -0.2) is 4.79 Å². The van der Waals surface area contributed by atoms with Crippen LogP contribution in [0.5, 0.6) is 0 Å². The first-order chi connectivity index (χ1) is 9.88. The third-order valence-corrected chi connectivity index (χ3v) is 3.73. The number of pyridine rings is 1. The summed E-state index contributed by atoms with van der Waals surface area (Å²) < 4.78 is 1.01. The number of hydrogen-bond acceptors (Lipinski definition) is 3. The first-order valence-corrected chi connectivity index (χ1v) is 7.35. The van der Waals surface area contributed by atoms with Crippen LogP contribution in [-0.2, 0) is 6.54 Å². The Morgan fingerprint density at radius 3 is 2.67 bits per heavy atom. The van der Waals surface area contributed by atoms with Crippen molar-refractivity contribution in [3.63, 3.8) is 0 Å². The van der Waals surface area contributed by atoms with Crippen LogP contribution in [0.3, 0.4) is 0 Å². The topological polar surface area (TPSA) is 53.4 Å². The molecule has 5 heteroatoms. The molecule has 1 aromatic heterocycles. The molecule has 0 fully saturated rings. The fraction of sp³-hybridized carbons (Fsp3) is 0.250. The summed E-state index contributed by atoms with van der Waals surface area (Å²) >= 11 is 3.45. The van der Waals surface area contributed by atoms with Crippen molar-refractivity contribution in [2.24, 2.45) is 0 Å². The normalized spacial score (nSPS) is 10.5. The maximum Gasteiger partial charge on any atom is 0.339 e. The Kier molecular flexibility index (Phi) is 4.63. The molecule has 0 bridgehead atoms. The molecule has 0 aliphatic heterocycles. The minimum absolute atomic E-state index is 0.262. The number of hydrogen-bond donors (Lipinski definition) is 1. The number of anilines is 1. The largest absolute Gasteiger partial charge is 0.478 e. The van der Waals surface area contributed by atoms with E-state index in [2.05, 4.69) is 20.9 Å². The predicted octanol–water partition coefficient (Wildman–Crippen LogP) is 3.80. The minimum atomic E-state index is -0.948. The minimum Gasteiger partial charge on any atom is -0.478 e. The lowest BCUT2D eigenvalue weighted by Gasteiger charge is -2.22. The molecule has 2 rings (SSSR count). The number of rotatable bonds is 4. The zero-order valence-electron chi connectivity index (χ0n) is 12.2. The molecule has 0 aliphatic carbocycles. The second-order valence-corrected chi connectivity index (χ2v) is 5.95. The molecule has 0 spiro atoms. The summed E-state index contributed by atoms with van der Waals surface area (Å²) in [5.41, 5.74) is 3.41. The molecule has 0 atom stereocenters. The van der Waals surface area contributed by atoms with E-state index >= 15 is 0 Å². The summed E-state index contributed by atoms with van der Waals surface area (Å²) in [6, 6.07) is 9.79. The van der Waals surface area contributed by atoms with E-state index in [9.17, 15) is 9.90 Å². The Labute approximate surface area is 132 Å². The van der Waals surface area contributed by atoms with Gasteiger partial charge in [0.25, 0.3) is 0 Å². The lowest BCUT2D eigenvalue weighted by molar-refractivity contribution is 0.0696. The van der Waals surface area contributed by atoms with Gasteiger partial charge >= 0.3 is 5.97 Å². The zero-order valence-corrected chi connectivity index (χ0v) is 13.8. The van der Waals surface area contributed by atoms with Crippen LogP contribution in [0.15, 0.2) is 34.8 Å². The van der Waals surface area contributed by atoms with Crippen molar-refractivity contribution >= 4 is 27.6 Å². The molecular weight excluding hydrogens is 332 g/mol. The average Bonchev–Trinajstić information content (AvgIpc) is 2.37. The van der Waals surface area contributed by atoms with Crippen molar-refractivity contribution in [3.05, 3.63) is 57.3 Å². The number of carboxylic acid groups (broad SMARTS) is 1. The van der Waals surface area contributed by atoms with Crippen LogP contribution in [0.1, 0.15) is 27.3 Å². The summed E-state index contributed by atoms with van der Waals surface area (Å²) in [4.78, 5) is 17.7. The van der Waals surface area contributed by atoms with E-state index < -0.39 is 5.97 Å². The summed E-state index contributed by atoms with van der Waals surface area (Å²) in [6.45, 7) is 4.23. The van der Waals surface area contributed by atoms with Crippen LogP contribution in [0.2, 0.25) is 0 Å². The highest BCUT2D eigenvalue weighted by atomic mass is 79.9. The smallest absolute Gasteiger partial charge is 0.339 e. The Bertz CT molecular complexity index is 686. The summed E-state index contributed by atoms with van der Waals surface area (Å²) in [6.07, 6.45) is 0. The van der Waals surface area contributed by atoms with Crippen LogP contribution in [0.4, 0.5) is 5.69 Å². The third kappa shape index (κ3) is 3.61. The number of aromatic carboxylic acids is 1. The van der Waals surface area contributed by atoms with Gasteiger partial charge in [-0.1, -0.05) is 28.1 Å². The van der Waals surface area contributed by atoms with E-state index in [0.717, 1.165) is 15.7 Å². The van der Waals surface area contributed by atoms with E-state index in [0.29, 0.717) is 17.9 Å². The van der Waals surface area contributed by atoms with Gasteiger partial charge < -0.3 is 10.0 Å². The van der Waals surface area contributed by atoms with Gasteiger partial charge in [0, 0.05) is 23.8 Å². The average molecular weight is 349 g/mol. The van der Waals surface area contributed by atoms with Gasteiger partial charge in [0.2, 0.25) is 0 Å². The quantitative estimate of drug-likeness (QED) is 0.912. The van der Waals surface area contributed by atoms with E-state index in [1.54, 1.807) is 6.92 Å². The van der Waals surface area contributed by atoms with Gasteiger partial charge in [-0.3, -0.25) is 4.98 Å². The van der Waals surface area contributed by atoms with Crippen molar-refractivity contribution in [3.8, 4) is 0 Å². The van der Waals surface area contributed by atoms with E-state index in [4.69, 9.17) is 0 Å². The van der Waals surface area contributed by atoms with Gasteiger partial charge in [0.1, 0.15) is 5.56 Å². The molecule has 0 aliphatic rings. The molecule has 0 saturated carbocycles. The first-order valence-electron chi connectivity index (χ1n) is 6.55. The Morgan fingerprint density at radius 1 is 1.33 bits per heavy atom. The van der Waals surface area contributed by atoms with Crippen molar-refractivity contribution in [2.45, 2.75) is 20.4 Å². The summed E-state index contributed by atoms with van der Waals surface area (Å²) in [5.74, 6) is -0.948. The summed E-state index contributed by atoms with van der Waals surface area (Å²) in [5, 5.41) is 9.42. The van der Waals surface area contributed by atoms with Crippen LogP contribution in [-0.4, -0.2) is 23.1 Å². The predicted molar refractivity (Wildman–Crippen MR) is 86.9 cm³/mol. The van der Waals surface area contributed by atoms with E-state index in [1.165, 1.54) is 0 Å². The second-order valence-electron chi connectivity index (χ2n) is 5.03. The lowest BCUT2D eigenvalue weighted by atomic mass is 10.1. The number of benzene rings is 1. The molecule has 0 radical (unpaired) electrons. The second kappa shape index (κ2) is 6.26. The van der Waals surface area contributed by atoms with Gasteiger partial charge in [0.05, 0.1) is 11.4 Å². The van der Waals surface area contributed by atoms with Crippen LogP contribution in [0.25, 0.3) is 0 Å². The van der Waals surface area contributed by atoms with Crippen LogP contribution >= 0.6 is 15.9 Å². The van der Waals surface area contributed by atoms with Crippen molar-refractivity contribution in [2.75, 3.05) is 11.9 Å². The number of carboxylic acids is 1. The number of nitrogens with zero attached hydrogens (tertiary/aromatic N) is 2. The van der Waals surface area contributed by atoms with Crippen LogP contribution in [0, 0.1) is 13.8 Å². The molecule has 4 nitrogen and oxygen atoms in total. The first kappa shape index (κ1) is 15.5. The SMILES string of the molecule is Cc1cc(N(C)Cc2cccc(Br)c2)c(C(=O)O)c(C)n1. The molecule has 1 heterocycles. The standard InChI is InChI=1S/C16H17BrN2O2/c1-10-7-14(15(16(20)21)11(2)18-10)19(3)9-12-5-4-6-13(17)8-12/h4-8H,9H2,1-3H3,(H,20,21). The van der Waals surface area contributed by atoms with Gasteiger partial charge in [0.15, 0.2) is 0 Å². The van der Waals surface area contributed by atoms with Crippen molar-refractivity contribution in [1.29, 1.82) is 0 Å². The van der Waals surface area contributed by atoms with Crippen molar-refractivity contribution < 1.29 is 9.90 Å². The van der Waals surface area contributed by atoms with E-state index in [1.807, 2.05) is 49.2 Å². The number of aryl methyl sites for hydroxylation is 2. The molecule has 21 heavy (non-hydrogen) atoms. The van der Waals surface area contributed by atoms with Gasteiger partial charge in [-0.2, -0.15) is 0 Å². The van der Waals surface area contributed by atoms with E-state index in [-0.39, 0.29) is 5.56 Å². The highest BCUT2D eigenvalue weighted by molar-refractivity contribution is 9.10. The number of aromatic nitrogens is 1. The molecular formula is C16H17BrN2O2. The highest BCUT2D eigenvalue weighted by Crippen LogP contribution is 2.25. The Morgan fingerprint density at radius 2 is 2.05 bits per heavy atom. The Balaban J connectivity index is 2.39. The summed E-state index contributed by atoms with van der Waals surface area (Å²) in [7, 11) is 1.89.